The minimum atomic E-state index is -3.76. The molecule has 0 saturated heterocycles. The smallest absolute Gasteiger partial charge is 0.263 e. The van der Waals surface area contributed by atoms with Gasteiger partial charge in [0.25, 0.3) is 5.91 Å². The van der Waals surface area contributed by atoms with Crippen LogP contribution in [0.5, 0.6) is 11.5 Å². The van der Waals surface area contributed by atoms with E-state index in [1.807, 2.05) is 13.0 Å². The lowest BCUT2D eigenvalue weighted by molar-refractivity contribution is -0.121. The molecule has 0 aliphatic carbocycles. The number of nitrogens with one attached hydrogen (secondary N) is 1. The van der Waals surface area contributed by atoms with Crippen molar-refractivity contribution in [2.45, 2.75) is 19.9 Å². The van der Waals surface area contributed by atoms with Gasteiger partial charge in [-0.05, 0) is 56.3 Å². The first-order chi connectivity index (χ1) is 16.1. The van der Waals surface area contributed by atoms with Crippen LogP contribution in [0.3, 0.4) is 0 Å². The Kier molecular flexibility index (Phi) is 7.95. The number of fused-ring (bicyclic) bond motifs is 1. The van der Waals surface area contributed by atoms with Gasteiger partial charge in [0.2, 0.25) is 10.0 Å². The van der Waals surface area contributed by atoms with Crippen LogP contribution < -0.4 is 19.2 Å². The number of sulfonamides is 1. The summed E-state index contributed by atoms with van der Waals surface area (Å²) in [6, 6.07) is 12.5. The van der Waals surface area contributed by atoms with Crippen molar-refractivity contribution < 1.29 is 22.7 Å². The van der Waals surface area contributed by atoms with Crippen molar-refractivity contribution in [1.29, 1.82) is 0 Å². The Balaban J connectivity index is 1.77. The number of anilines is 1. The number of methoxy groups -OCH3 is 1. The first-order valence-electron chi connectivity index (χ1n) is 10.3. The average Bonchev–Trinajstić information content (AvgIpc) is 2.79. The standard InChI is InChI=1S/C23H25ClN4O5S/c1-5-33-19-10-7-18(8-11-19)28(34(4,30)31)15(2)23(29)27-25-14-17-12-16-6-9-20(32-3)13-21(16)26-22(17)24/h6-15H,5H2,1-4H3,(H,27,29)/b25-14-/t15-/m1/s1. The molecule has 3 rings (SSSR count). The van der Waals surface area contributed by atoms with Gasteiger partial charge in [0, 0.05) is 17.0 Å². The van der Waals surface area contributed by atoms with E-state index in [-0.39, 0.29) is 5.15 Å². The molecule has 1 N–H and O–H groups in total. The van der Waals surface area contributed by atoms with Gasteiger partial charge in [0.15, 0.2) is 0 Å². The van der Waals surface area contributed by atoms with Gasteiger partial charge in [-0.2, -0.15) is 5.10 Å². The number of hydrazone groups is 1. The number of carbonyl (C=O) groups is 1. The van der Waals surface area contributed by atoms with Crippen molar-refractivity contribution in [2.75, 3.05) is 24.3 Å². The Morgan fingerprint density at radius 3 is 2.50 bits per heavy atom. The number of hydrogen-bond acceptors (Lipinski definition) is 7. The summed E-state index contributed by atoms with van der Waals surface area (Å²) in [4.78, 5) is 17.0. The van der Waals surface area contributed by atoms with Crippen molar-refractivity contribution in [3.63, 3.8) is 0 Å². The van der Waals surface area contributed by atoms with Gasteiger partial charge in [0.05, 0.1) is 37.4 Å². The van der Waals surface area contributed by atoms with Gasteiger partial charge >= 0.3 is 0 Å². The number of nitrogens with zero attached hydrogens (tertiary/aromatic N) is 3. The summed E-state index contributed by atoms with van der Waals surface area (Å²) in [5.41, 5.74) is 3.84. The van der Waals surface area contributed by atoms with Crippen LogP contribution in [0, 0.1) is 0 Å². The van der Waals surface area contributed by atoms with Crippen LogP contribution in [-0.4, -0.2) is 51.5 Å². The number of pyridine rings is 1. The number of ether oxygens (including phenoxy) is 2. The molecule has 0 unspecified atom stereocenters. The Morgan fingerprint density at radius 1 is 1.21 bits per heavy atom. The molecule has 1 atom stereocenters. The molecule has 180 valence electrons. The van der Waals surface area contributed by atoms with E-state index in [9.17, 15) is 13.2 Å². The van der Waals surface area contributed by atoms with Gasteiger partial charge in [-0.1, -0.05) is 11.6 Å². The van der Waals surface area contributed by atoms with Crippen LogP contribution in [0.2, 0.25) is 5.15 Å². The number of halogens is 1. The molecule has 34 heavy (non-hydrogen) atoms. The molecule has 0 saturated carbocycles. The zero-order valence-corrected chi connectivity index (χ0v) is 20.7. The molecular weight excluding hydrogens is 480 g/mol. The summed E-state index contributed by atoms with van der Waals surface area (Å²) in [6.45, 7) is 3.80. The summed E-state index contributed by atoms with van der Waals surface area (Å²) in [5, 5.41) is 4.95. The zero-order chi connectivity index (χ0) is 24.9. The Morgan fingerprint density at radius 2 is 1.88 bits per heavy atom. The van der Waals surface area contributed by atoms with Gasteiger partial charge < -0.3 is 9.47 Å². The van der Waals surface area contributed by atoms with E-state index in [0.29, 0.717) is 34.9 Å². The quantitative estimate of drug-likeness (QED) is 0.271. The van der Waals surface area contributed by atoms with E-state index in [1.165, 1.54) is 13.1 Å². The van der Waals surface area contributed by atoms with Crippen LogP contribution in [0.15, 0.2) is 53.6 Å². The van der Waals surface area contributed by atoms with Gasteiger partial charge in [-0.25, -0.2) is 18.8 Å². The van der Waals surface area contributed by atoms with Crippen LogP contribution in [0.25, 0.3) is 10.9 Å². The Bertz CT molecular complexity index is 1310. The second-order valence-corrected chi connectivity index (χ2v) is 9.54. The number of rotatable bonds is 9. The molecule has 11 heteroatoms. The fraction of sp³-hybridized carbons (Fsp3) is 0.261. The minimum Gasteiger partial charge on any atom is -0.497 e. The molecule has 0 fully saturated rings. The predicted molar refractivity (Wildman–Crippen MR) is 133 cm³/mol. The largest absolute Gasteiger partial charge is 0.497 e. The van der Waals surface area contributed by atoms with Crippen molar-refractivity contribution in [3.8, 4) is 11.5 Å². The van der Waals surface area contributed by atoms with E-state index in [0.717, 1.165) is 15.9 Å². The van der Waals surface area contributed by atoms with Gasteiger partial charge in [-0.15, -0.1) is 0 Å². The molecule has 0 bridgehead atoms. The zero-order valence-electron chi connectivity index (χ0n) is 19.1. The Hall–Kier alpha value is -3.37. The SMILES string of the molecule is CCOc1ccc(N([C@H](C)C(=O)N/N=C\c2cc3ccc(OC)cc3nc2Cl)S(C)(=O)=O)cc1. The lowest BCUT2D eigenvalue weighted by atomic mass is 10.1. The lowest BCUT2D eigenvalue weighted by Crippen LogP contribution is -2.46. The fourth-order valence-corrected chi connectivity index (χ4v) is 4.65. The van der Waals surface area contributed by atoms with E-state index in [2.05, 4.69) is 15.5 Å². The Labute approximate surface area is 203 Å². The van der Waals surface area contributed by atoms with E-state index < -0.39 is 22.0 Å². The van der Waals surface area contributed by atoms with Crippen molar-refractivity contribution >= 4 is 50.3 Å². The number of aromatic nitrogens is 1. The molecule has 0 radical (unpaired) electrons. The van der Waals surface area contributed by atoms with Gasteiger partial charge in [0.1, 0.15) is 22.7 Å². The molecule has 1 heterocycles. The second-order valence-electron chi connectivity index (χ2n) is 7.32. The minimum absolute atomic E-state index is 0.193. The van der Waals surface area contributed by atoms with Crippen molar-refractivity contribution in [1.82, 2.24) is 10.4 Å². The molecule has 0 aliphatic rings. The maximum atomic E-state index is 12.7. The van der Waals surface area contributed by atoms with E-state index >= 15 is 0 Å². The summed E-state index contributed by atoms with van der Waals surface area (Å²) in [6.07, 6.45) is 2.39. The highest BCUT2D eigenvalue weighted by molar-refractivity contribution is 7.92. The first kappa shape index (κ1) is 25.3. The van der Waals surface area contributed by atoms with Crippen LogP contribution in [-0.2, 0) is 14.8 Å². The van der Waals surface area contributed by atoms with Crippen molar-refractivity contribution in [3.05, 3.63) is 59.2 Å². The molecule has 0 spiro atoms. The molecule has 1 aromatic heterocycles. The third-order valence-electron chi connectivity index (χ3n) is 4.87. The third kappa shape index (κ3) is 5.95. The highest BCUT2D eigenvalue weighted by atomic mass is 35.5. The number of amides is 1. The molecule has 0 aliphatic heterocycles. The monoisotopic (exact) mass is 504 g/mol. The molecule has 1 amide bonds. The highest BCUT2D eigenvalue weighted by Crippen LogP contribution is 2.25. The maximum absolute atomic E-state index is 12.7. The third-order valence-corrected chi connectivity index (χ3v) is 6.42. The summed E-state index contributed by atoms with van der Waals surface area (Å²) < 4.78 is 36.5. The number of hydrogen-bond donors (Lipinski definition) is 1. The molecule has 3 aromatic rings. The van der Waals surface area contributed by atoms with Crippen molar-refractivity contribution in [2.24, 2.45) is 5.10 Å². The predicted octanol–water partition coefficient (Wildman–Crippen LogP) is 3.60. The normalized spacial score (nSPS) is 12.5. The molecule has 2 aromatic carbocycles. The second kappa shape index (κ2) is 10.7. The average molecular weight is 505 g/mol. The first-order valence-corrected chi connectivity index (χ1v) is 12.6. The van der Waals surface area contributed by atoms with Crippen LogP contribution in [0.4, 0.5) is 5.69 Å². The molecular formula is C23H25ClN4O5S. The molecule has 9 nitrogen and oxygen atoms in total. The van der Waals surface area contributed by atoms with E-state index in [4.69, 9.17) is 21.1 Å². The van der Waals surface area contributed by atoms with E-state index in [1.54, 1.807) is 49.6 Å². The van der Waals surface area contributed by atoms with Gasteiger partial charge in [-0.3, -0.25) is 9.10 Å². The maximum Gasteiger partial charge on any atom is 0.263 e. The number of benzene rings is 2. The topological polar surface area (TPSA) is 110 Å². The van der Waals surface area contributed by atoms with Crippen LogP contribution >= 0.6 is 11.6 Å². The summed E-state index contributed by atoms with van der Waals surface area (Å²) in [5.74, 6) is 0.632. The summed E-state index contributed by atoms with van der Waals surface area (Å²) in [7, 11) is -2.20. The summed E-state index contributed by atoms with van der Waals surface area (Å²) >= 11 is 6.25. The highest BCUT2D eigenvalue weighted by Gasteiger charge is 2.29. The van der Waals surface area contributed by atoms with Crippen LogP contribution in [0.1, 0.15) is 19.4 Å². The number of carbonyl (C=O) groups excluding carboxylic acids is 1. The fourth-order valence-electron chi connectivity index (χ4n) is 3.28. The lowest BCUT2D eigenvalue weighted by Gasteiger charge is -2.27.